The van der Waals surface area contributed by atoms with E-state index in [1.54, 1.807) is 13.8 Å². The third-order valence-corrected chi connectivity index (χ3v) is 3.18. The van der Waals surface area contributed by atoms with Gasteiger partial charge in [-0.05, 0) is 20.8 Å². The van der Waals surface area contributed by atoms with Crippen molar-refractivity contribution in [2.24, 2.45) is 5.73 Å². The lowest BCUT2D eigenvalue weighted by atomic mass is 10.1. The molecule has 3 N–H and O–H groups in total. The molecule has 0 saturated carbocycles. The fourth-order valence-corrected chi connectivity index (χ4v) is 2.32. The molecule has 0 aliphatic rings. The number of nitrogens with one attached hydrogen (secondary N) is 1. The van der Waals surface area contributed by atoms with E-state index in [9.17, 15) is 9.59 Å². The van der Waals surface area contributed by atoms with Crippen molar-refractivity contribution in [1.82, 2.24) is 10.2 Å². The van der Waals surface area contributed by atoms with Crippen LogP contribution in [0.1, 0.15) is 38.4 Å². The number of furan rings is 1. The Morgan fingerprint density at radius 2 is 1.95 bits per heavy atom. The lowest BCUT2D eigenvalue weighted by Gasteiger charge is -2.00. The van der Waals surface area contributed by atoms with Crippen molar-refractivity contribution in [3.05, 3.63) is 21.9 Å². The number of amides is 1. The van der Waals surface area contributed by atoms with E-state index in [2.05, 4.69) is 15.5 Å². The number of Topliss-reactive ketones (excluding diaryl/α,β-unsaturated/α-hetero) is 1. The first-order valence-corrected chi connectivity index (χ1v) is 6.23. The highest BCUT2D eigenvalue weighted by Gasteiger charge is 2.25. The van der Waals surface area contributed by atoms with Crippen LogP contribution in [0.2, 0.25) is 0 Å². The molecule has 8 heteroatoms. The number of carbonyl (C=O) groups excluding carboxylic acids is 2. The summed E-state index contributed by atoms with van der Waals surface area (Å²) < 4.78 is 5.39. The van der Waals surface area contributed by atoms with Gasteiger partial charge < -0.3 is 10.2 Å². The summed E-state index contributed by atoms with van der Waals surface area (Å²) in [5, 5.41) is 11.7. The van der Waals surface area contributed by atoms with E-state index < -0.39 is 5.91 Å². The molecule has 0 fully saturated rings. The standard InChI is InChI=1S/C11H12N4O3S/c1-4(16)7-5(2)18-10(8(7)9(12)17)13-11-15-14-6(3)19-11/h1-3H3,(H2,12,17)(H,13,15). The summed E-state index contributed by atoms with van der Waals surface area (Å²) in [5.41, 5.74) is 5.53. The Hall–Kier alpha value is -2.22. The fraction of sp³-hybridized carbons (Fsp3) is 0.273. The van der Waals surface area contributed by atoms with Crippen molar-refractivity contribution in [3.63, 3.8) is 0 Å². The average Bonchev–Trinajstić information content (AvgIpc) is 2.82. The Morgan fingerprint density at radius 3 is 2.42 bits per heavy atom. The van der Waals surface area contributed by atoms with Crippen LogP contribution >= 0.6 is 11.3 Å². The summed E-state index contributed by atoms with van der Waals surface area (Å²) in [7, 11) is 0. The lowest BCUT2D eigenvalue weighted by Crippen LogP contribution is -2.15. The van der Waals surface area contributed by atoms with E-state index in [1.165, 1.54) is 18.3 Å². The van der Waals surface area contributed by atoms with Crippen molar-refractivity contribution in [3.8, 4) is 0 Å². The molecule has 19 heavy (non-hydrogen) atoms. The first-order chi connectivity index (χ1) is 8.90. The van der Waals surface area contributed by atoms with Crippen LogP contribution in [0.15, 0.2) is 4.42 Å². The summed E-state index contributed by atoms with van der Waals surface area (Å²) in [4.78, 5) is 23.0. The van der Waals surface area contributed by atoms with Gasteiger partial charge >= 0.3 is 0 Å². The maximum absolute atomic E-state index is 11.5. The van der Waals surface area contributed by atoms with Crippen LogP contribution in [0.25, 0.3) is 0 Å². The van der Waals surface area contributed by atoms with Crippen molar-refractivity contribution >= 4 is 34.0 Å². The Kier molecular flexibility index (Phi) is 3.34. The predicted octanol–water partition coefficient (Wildman–Crippen LogP) is 1.79. The predicted molar refractivity (Wildman–Crippen MR) is 69.9 cm³/mol. The number of primary amides is 1. The molecular formula is C11H12N4O3S. The highest BCUT2D eigenvalue weighted by Crippen LogP contribution is 2.30. The summed E-state index contributed by atoms with van der Waals surface area (Å²) >= 11 is 1.30. The third-order valence-electron chi connectivity index (χ3n) is 2.43. The van der Waals surface area contributed by atoms with Crippen molar-refractivity contribution in [2.75, 3.05) is 5.32 Å². The van der Waals surface area contributed by atoms with Crippen molar-refractivity contribution < 1.29 is 14.0 Å². The second-order valence-electron chi connectivity index (χ2n) is 3.91. The SMILES string of the molecule is CC(=O)c1c(C)oc(Nc2nnc(C)s2)c1C(N)=O. The van der Waals surface area contributed by atoms with Crippen LogP contribution in [0.5, 0.6) is 0 Å². The molecule has 0 atom stereocenters. The minimum Gasteiger partial charge on any atom is -0.444 e. The van der Waals surface area contributed by atoms with Gasteiger partial charge in [-0.2, -0.15) is 0 Å². The molecular weight excluding hydrogens is 268 g/mol. The minimum absolute atomic E-state index is 0.0397. The lowest BCUT2D eigenvalue weighted by molar-refractivity contribution is 0.0974. The molecule has 0 bridgehead atoms. The second-order valence-corrected chi connectivity index (χ2v) is 5.09. The number of rotatable bonds is 4. The maximum atomic E-state index is 11.5. The molecule has 0 aromatic carbocycles. The van der Waals surface area contributed by atoms with E-state index in [0.29, 0.717) is 10.9 Å². The number of carbonyl (C=O) groups is 2. The maximum Gasteiger partial charge on any atom is 0.255 e. The molecule has 2 heterocycles. The number of ketones is 1. The van der Waals surface area contributed by atoms with Gasteiger partial charge in [-0.25, -0.2) is 0 Å². The summed E-state index contributed by atoms with van der Waals surface area (Å²) in [6, 6.07) is 0. The Labute approximate surface area is 112 Å². The number of aryl methyl sites for hydroxylation is 2. The number of hydrogen-bond acceptors (Lipinski definition) is 7. The van der Waals surface area contributed by atoms with E-state index >= 15 is 0 Å². The Balaban J connectivity index is 2.48. The normalized spacial score (nSPS) is 10.5. The molecule has 100 valence electrons. The number of anilines is 2. The first kappa shape index (κ1) is 13.2. The zero-order valence-corrected chi connectivity index (χ0v) is 11.4. The number of nitrogens with zero attached hydrogens (tertiary/aromatic N) is 2. The Morgan fingerprint density at radius 1 is 1.26 bits per heavy atom. The molecule has 0 saturated heterocycles. The number of nitrogens with two attached hydrogens (primary N) is 1. The van der Waals surface area contributed by atoms with Crippen LogP contribution < -0.4 is 11.1 Å². The highest BCUT2D eigenvalue weighted by molar-refractivity contribution is 7.15. The van der Waals surface area contributed by atoms with E-state index in [4.69, 9.17) is 10.2 Å². The van der Waals surface area contributed by atoms with Gasteiger partial charge in [-0.1, -0.05) is 11.3 Å². The molecule has 2 rings (SSSR count). The van der Waals surface area contributed by atoms with Crippen molar-refractivity contribution in [2.45, 2.75) is 20.8 Å². The van der Waals surface area contributed by atoms with Gasteiger partial charge in [0.05, 0.1) is 5.56 Å². The van der Waals surface area contributed by atoms with Gasteiger partial charge in [0.25, 0.3) is 5.91 Å². The summed E-state index contributed by atoms with van der Waals surface area (Å²) in [6.45, 7) is 4.75. The summed E-state index contributed by atoms with van der Waals surface area (Å²) in [6.07, 6.45) is 0. The zero-order chi connectivity index (χ0) is 14.2. The fourth-order valence-electron chi connectivity index (χ4n) is 1.74. The minimum atomic E-state index is -0.731. The van der Waals surface area contributed by atoms with Crippen LogP contribution in [0.4, 0.5) is 11.0 Å². The van der Waals surface area contributed by atoms with Crippen LogP contribution in [-0.2, 0) is 0 Å². The van der Waals surface area contributed by atoms with E-state index in [1.807, 2.05) is 0 Å². The number of hydrogen-bond donors (Lipinski definition) is 2. The third kappa shape index (κ3) is 2.48. The largest absolute Gasteiger partial charge is 0.444 e. The topological polar surface area (TPSA) is 111 Å². The van der Waals surface area contributed by atoms with Crippen LogP contribution in [0, 0.1) is 13.8 Å². The zero-order valence-electron chi connectivity index (χ0n) is 10.6. The molecule has 0 aliphatic carbocycles. The molecule has 0 spiro atoms. The average molecular weight is 280 g/mol. The molecule has 0 radical (unpaired) electrons. The number of aromatic nitrogens is 2. The summed E-state index contributed by atoms with van der Waals surface area (Å²) in [5.74, 6) is -0.557. The van der Waals surface area contributed by atoms with Gasteiger partial charge in [0.1, 0.15) is 16.3 Å². The molecule has 2 aromatic heterocycles. The van der Waals surface area contributed by atoms with Gasteiger partial charge in [-0.15, -0.1) is 10.2 Å². The van der Waals surface area contributed by atoms with Gasteiger partial charge in [0, 0.05) is 0 Å². The highest BCUT2D eigenvalue weighted by atomic mass is 32.1. The Bertz CT molecular complexity index is 659. The van der Waals surface area contributed by atoms with Crippen LogP contribution in [-0.4, -0.2) is 21.9 Å². The monoisotopic (exact) mass is 280 g/mol. The molecule has 0 unspecified atom stereocenters. The molecule has 2 aromatic rings. The van der Waals surface area contributed by atoms with E-state index in [-0.39, 0.29) is 22.8 Å². The second kappa shape index (κ2) is 4.81. The van der Waals surface area contributed by atoms with Crippen molar-refractivity contribution in [1.29, 1.82) is 0 Å². The molecule has 7 nitrogen and oxygen atoms in total. The van der Waals surface area contributed by atoms with Gasteiger partial charge in [0.2, 0.25) is 11.0 Å². The first-order valence-electron chi connectivity index (χ1n) is 5.41. The smallest absolute Gasteiger partial charge is 0.255 e. The molecule has 0 aliphatic heterocycles. The van der Waals surface area contributed by atoms with Crippen LogP contribution in [0.3, 0.4) is 0 Å². The van der Waals surface area contributed by atoms with Gasteiger partial charge in [0.15, 0.2) is 5.78 Å². The quantitative estimate of drug-likeness (QED) is 0.826. The van der Waals surface area contributed by atoms with E-state index in [0.717, 1.165) is 5.01 Å². The van der Waals surface area contributed by atoms with Gasteiger partial charge in [-0.3, -0.25) is 14.9 Å². The molecule has 1 amide bonds.